The summed E-state index contributed by atoms with van der Waals surface area (Å²) >= 11 is 18.0. The zero-order valence-electron chi connectivity index (χ0n) is 9.88. The van der Waals surface area contributed by atoms with Crippen LogP contribution in [0, 0.1) is 6.92 Å². The molecular weight excluding hydrogens is 307 g/mol. The van der Waals surface area contributed by atoms with E-state index in [0.717, 1.165) is 5.56 Å². The van der Waals surface area contributed by atoms with Crippen molar-refractivity contribution in [3.05, 3.63) is 56.8 Å². The van der Waals surface area contributed by atoms with Crippen LogP contribution in [0.5, 0.6) is 0 Å². The summed E-state index contributed by atoms with van der Waals surface area (Å²) in [5.41, 5.74) is 1.45. The van der Waals surface area contributed by atoms with Crippen LogP contribution in [0.25, 0.3) is 0 Å². The molecule has 0 saturated heterocycles. The van der Waals surface area contributed by atoms with E-state index >= 15 is 0 Å². The van der Waals surface area contributed by atoms with Gasteiger partial charge >= 0.3 is 0 Å². The largest absolute Gasteiger partial charge is 0.319 e. The van der Waals surface area contributed by atoms with E-state index in [-0.39, 0.29) is 10.7 Å². The fraction of sp³-hybridized carbons (Fsp3) is 0.0769. The predicted molar refractivity (Wildman–Crippen MR) is 78.4 cm³/mol. The lowest BCUT2D eigenvalue weighted by molar-refractivity contribution is 0.102. The van der Waals surface area contributed by atoms with E-state index in [4.69, 9.17) is 34.8 Å². The summed E-state index contributed by atoms with van der Waals surface area (Å²) < 4.78 is 0. The molecule has 0 aliphatic heterocycles. The predicted octanol–water partition coefficient (Wildman–Crippen LogP) is 4.60. The second-order valence-corrected chi connectivity index (χ2v) is 4.99. The minimum absolute atomic E-state index is 0.125. The highest BCUT2D eigenvalue weighted by atomic mass is 35.5. The lowest BCUT2D eigenvalue weighted by Gasteiger charge is -2.11. The molecule has 1 amide bonds. The van der Waals surface area contributed by atoms with Crippen LogP contribution in [0.4, 0.5) is 5.69 Å². The highest BCUT2D eigenvalue weighted by Crippen LogP contribution is 2.33. The van der Waals surface area contributed by atoms with Gasteiger partial charge in [0.05, 0.1) is 21.3 Å². The lowest BCUT2D eigenvalue weighted by Crippen LogP contribution is -2.13. The average molecular weight is 316 g/mol. The quantitative estimate of drug-likeness (QED) is 0.823. The standard InChI is InChI=1S/C13H9Cl3N2O/c1-7-4-5-9(14)11(10(7)15)18-13(19)8-3-2-6-17-12(8)16/h2-6H,1H3,(H,18,19). The van der Waals surface area contributed by atoms with Gasteiger partial charge in [0.1, 0.15) is 5.15 Å². The van der Waals surface area contributed by atoms with E-state index in [0.29, 0.717) is 15.7 Å². The molecule has 1 N–H and O–H groups in total. The van der Waals surface area contributed by atoms with Crippen molar-refractivity contribution in [2.45, 2.75) is 6.92 Å². The number of carbonyl (C=O) groups is 1. The molecule has 19 heavy (non-hydrogen) atoms. The van der Waals surface area contributed by atoms with Crippen LogP contribution in [0.1, 0.15) is 15.9 Å². The van der Waals surface area contributed by atoms with E-state index in [1.807, 2.05) is 6.92 Å². The van der Waals surface area contributed by atoms with Gasteiger partial charge in [0.25, 0.3) is 5.91 Å². The molecule has 0 radical (unpaired) electrons. The zero-order chi connectivity index (χ0) is 14.0. The van der Waals surface area contributed by atoms with Crippen molar-refractivity contribution in [2.24, 2.45) is 0 Å². The molecule has 1 heterocycles. The molecule has 0 aliphatic carbocycles. The maximum absolute atomic E-state index is 12.1. The van der Waals surface area contributed by atoms with Crippen molar-refractivity contribution < 1.29 is 4.79 Å². The molecule has 98 valence electrons. The van der Waals surface area contributed by atoms with Crippen LogP contribution in [0.3, 0.4) is 0 Å². The van der Waals surface area contributed by atoms with E-state index in [1.165, 1.54) is 6.20 Å². The molecule has 0 unspecified atom stereocenters. The first-order chi connectivity index (χ1) is 9.00. The van der Waals surface area contributed by atoms with Crippen molar-refractivity contribution >= 4 is 46.4 Å². The number of pyridine rings is 1. The maximum Gasteiger partial charge on any atom is 0.258 e. The van der Waals surface area contributed by atoms with Crippen molar-refractivity contribution in [2.75, 3.05) is 5.32 Å². The van der Waals surface area contributed by atoms with Gasteiger partial charge in [-0.1, -0.05) is 40.9 Å². The van der Waals surface area contributed by atoms with Crippen LogP contribution in [-0.4, -0.2) is 10.9 Å². The third-order valence-electron chi connectivity index (χ3n) is 2.53. The van der Waals surface area contributed by atoms with Gasteiger partial charge in [-0.3, -0.25) is 4.79 Å². The first-order valence-electron chi connectivity index (χ1n) is 5.37. The number of hydrogen-bond donors (Lipinski definition) is 1. The fourth-order valence-electron chi connectivity index (χ4n) is 1.51. The van der Waals surface area contributed by atoms with Gasteiger partial charge in [-0.05, 0) is 30.7 Å². The molecule has 0 saturated carbocycles. The second kappa shape index (κ2) is 5.78. The van der Waals surface area contributed by atoms with Gasteiger partial charge in [0, 0.05) is 6.20 Å². The molecule has 0 spiro atoms. The molecule has 0 aliphatic rings. The van der Waals surface area contributed by atoms with Crippen LogP contribution in [0.15, 0.2) is 30.5 Å². The second-order valence-electron chi connectivity index (χ2n) is 3.85. The highest BCUT2D eigenvalue weighted by Gasteiger charge is 2.15. The number of aryl methyl sites for hydroxylation is 1. The molecule has 0 atom stereocenters. The number of amides is 1. The van der Waals surface area contributed by atoms with Gasteiger partial charge in [-0.15, -0.1) is 0 Å². The number of nitrogens with one attached hydrogen (secondary N) is 1. The van der Waals surface area contributed by atoms with Crippen molar-refractivity contribution in [1.82, 2.24) is 4.98 Å². The molecule has 6 heteroatoms. The minimum atomic E-state index is -0.410. The lowest BCUT2D eigenvalue weighted by atomic mass is 10.2. The third-order valence-corrected chi connectivity index (χ3v) is 3.63. The molecule has 2 rings (SSSR count). The molecular formula is C13H9Cl3N2O. The van der Waals surface area contributed by atoms with Crippen LogP contribution in [-0.2, 0) is 0 Å². The Hall–Kier alpha value is -1.29. The summed E-state index contributed by atoms with van der Waals surface area (Å²) in [4.78, 5) is 15.9. The Bertz CT molecular complexity index is 644. The van der Waals surface area contributed by atoms with E-state index in [9.17, 15) is 4.79 Å². The number of halogens is 3. The smallest absolute Gasteiger partial charge is 0.258 e. The summed E-state index contributed by atoms with van der Waals surface area (Å²) in [7, 11) is 0. The number of hydrogen-bond acceptors (Lipinski definition) is 2. The molecule has 2 aromatic rings. The Morgan fingerprint density at radius 2 is 1.95 bits per heavy atom. The number of aromatic nitrogens is 1. The molecule has 0 bridgehead atoms. The van der Waals surface area contributed by atoms with Crippen molar-refractivity contribution in [1.29, 1.82) is 0 Å². The van der Waals surface area contributed by atoms with Crippen LogP contribution >= 0.6 is 34.8 Å². The van der Waals surface area contributed by atoms with Crippen molar-refractivity contribution in [3.8, 4) is 0 Å². The summed E-state index contributed by atoms with van der Waals surface area (Å²) in [6.45, 7) is 1.82. The summed E-state index contributed by atoms with van der Waals surface area (Å²) in [5.74, 6) is -0.410. The molecule has 1 aromatic heterocycles. The van der Waals surface area contributed by atoms with Gasteiger partial charge in [0.2, 0.25) is 0 Å². The van der Waals surface area contributed by atoms with Gasteiger partial charge < -0.3 is 5.32 Å². The van der Waals surface area contributed by atoms with Gasteiger partial charge in [-0.2, -0.15) is 0 Å². The summed E-state index contributed by atoms with van der Waals surface area (Å²) in [5, 5.41) is 3.54. The number of anilines is 1. The maximum atomic E-state index is 12.1. The monoisotopic (exact) mass is 314 g/mol. The Balaban J connectivity index is 2.35. The number of benzene rings is 1. The van der Waals surface area contributed by atoms with Crippen LogP contribution < -0.4 is 5.32 Å². The fourth-order valence-corrected chi connectivity index (χ4v) is 2.18. The van der Waals surface area contributed by atoms with E-state index < -0.39 is 5.91 Å². The number of nitrogens with zero attached hydrogens (tertiary/aromatic N) is 1. The van der Waals surface area contributed by atoms with E-state index in [1.54, 1.807) is 24.3 Å². The molecule has 1 aromatic carbocycles. The van der Waals surface area contributed by atoms with Crippen LogP contribution in [0.2, 0.25) is 15.2 Å². The van der Waals surface area contributed by atoms with Crippen molar-refractivity contribution in [3.63, 3.8) is 0 Å². The minimum Gasteiger partial charge on any atom is -0.319 e. The number of rotatable bonds is 2. The molecule has 0 fully saturated rings. The SMILES string of the molecule is Cc1ccc(Cl)c(NC(=O)c2cccnc2Cl)c1Cl. The zero-order valence-corrected chi connectivity index (χ0v) is 12.1. The summed E-state index contributed by atoms with van der Waals surface area (Å²) in [6.07, 6.45) is 1.51. The highest BCUT2D eigenvalue weighted by molar-refractivity contribution is 6.40. The summed E-state index contributed by atoms with van der Waals surface area (Å²) in [6, 6.07) is 6.64. The Kier molecular flexibility index (Phi) is 4.30. The van der Waals surface area contributed by atoms with Gasteiger partial charge in [0.15, 0.2) is 0 Å². The topological polar surface area (TPSA) is 42.0 Å². The van der Waals surface area contributed by atoms with Gasteiger partial charge in [-0.25, -0.2) is 4.98 Å². The Morgan fingerprint density at radius 1 is 1.21 bits per heavy atom. The average Bonchev–Trinajstić information content (AvgIpc) is 2.39. The Labute approximate surface area is 125 Å². The molecule has 3 nitrogen and oxygen atoms in total. The Morgan fingerprint density at radius 3 is 2.63 bits per heavy atom. The van der Waals surface area contributed by atoms with E-state index in [2.05, 4.69) is 10.3 Å². The third kappa shape index (κ3) is 3.00. The number of carbonyl (C=O) groups excluding carboxylic acids is 1. The first-order valence-corrected chi connectivity index (χ1v) is 6.50. The first kappa shape index (κ1) is 14.1. The normalized spacial score (nSPS) is 10.3.